The van der Waals surface area contributed by atoms with Gasteiger partial charge in [-0.2, -0.15) is 0 Å². The maximum atomic E-state index is 2.38. The first-order valence-electron chi connectivity index (χ1n) is 9.65. The van der Waals surface area contributed by atoms with Gasteiger partial charge in [0, 0.05) is 9.79 Å². The summed E-state index contributed by atoms with van der Waals surface area (Å²) in [5.41, 5.74) is 5.77. The lowest BCUT2D eigenvalue weighted by molar-refractivity contribution is 0.824. The molecule has 0 aliphatic heterocycles. The van der Waals surface area contributed by atoms with Crippen molar-refractivity contribution in [2.45, 2.75) is 88.9 Å². The predicted molar refractivity (Wildman–Crippen MR) is 113 cm³/mol. The highest BCUT2D eigenvalue weighted by molar-refractivity contribution is 7.99. The number of hydrogen-bond acceptors (Lipinski definition) is 1. The lowest BCUT2D eigenvalue weighted by Gasteiger charge is -2.16. The van der Waals surface area contributed by atoms with E-state index < -0.39 is 0 Å². The van der Waals surface area contributed by atoms with Gasteiger partial charge in [0.1, 0.15) is 0 Å². The predicted octanol–water partition coefficient (Wildman–Crippen LogP) is 8.33. The fraction of sp³-hybridized carbons (Fsp3) is 0.500. The molecule has 0 aliphatic rings. The molecule has 0 unspecified atom stereocenters. The molecule has 0 N–H and O–H groups in total. The molecule has 25 heavy (non-hydrogen) atoms. The van der Waals surface area contributed by atoms with E-state index in [0.29, 0.717) is 23.7 Å². The Morgan fingerprint density at radius 3 is 0.880 bits per heavy atom. The molecule has 2 rings (SSSR count). The van der Waals surface area contributed by atoms with E-state index >= 15 is 0 Å². The van der Waals surface area contributed by atoms with Crippen molar-refractivity contribution in [2.24, 2.45) is 0 Å². The van der Waals surface area contributed by atoms with Crippen LogP contribution in [-0.4, -0.2) is 0 Å². The molecule has 0 aliphatic carbocycles. The van der Waals surface area contributed by atoms with Crippen LogP contribution in [-0.2, 0) is 0 Å². The summed E-state index contributed by atoms with van der Waals surface area (Å²) in [6.07, 6.45) is 0. The van der Waals surface area contributed by atoms with Crippen LogP contribution in [0.1, 0.15) is 101 Å². The van der Waals surface area contributed by atoms with Gasteiger partial charge in [0.2, 0.25) is 0 Å². The molecule has 0 atom stereocenters. The van der Waals surface area contributed by atoms with E-state index in [0.717, 1.165) is 0 Å². The van der Waals surface area contributed by atoms with E-state index in [1.165, 1.54) is 32.0 Å². The standard InChI is InChI=1S/C24H34S/c1-15(2)19-9-20(16(3)4)12-23(11-19)25-24-13-21(17(5)6)10-22(14-24)18(7)8/h9-18H,1-8H3. The zero-order chi connectivity index (χ0) is 18.7. The van der Waals surface area contributed by atoms with E-state index in [1.807, 2.05) is 11.8 Å². The molecule has 0 aromatic heterocycles. The van der Waals surface area contributed by atoms with Gasteiger partial charge in [-0.1, -0.05) is 79.3 Å². The molecule has 1 heteroatoms. The molecule has 0 saturated heterocycles. The van der Waals surface area contributed by atoms with Crippen LogP contribution < -0.4 is 0 Å². The van der Waals surface area contributed by atoms with Gasteiger partial charge in [0.15, 0.2) is 0 Å². The van der Waals surface area contributed by atoms with Crippen LogP contribution >= 0.6 is 11.8 Å². The maximum Gasteiger partial charge on any atom is 0.0128 e. The average molecular weight is 355 g/mol. The SMILES string of the molecule is CC(C)c1cc(Sc2cc(C(C)C)cc(C(C)C)c2)cc(C(C)C)c1. The van der Waals surface area contributed by atoms with Crippen LogP contribution in [0.2, 0.25) is 0 Å². The fourth-order valence-electron chi connectivity index (χ4n) is 2.88. The van der Waals surface area contributed by atoms with Crippen LogP contribution in [0.4, 0.5) is 0 Å². The third-order valence-electron chi connectivity index (χ3n) is 4.80. The molecule has 0 nitrogen and oxygen atoms in total. The van der Waals surface area contributed by atoms with Gasteiger partial charge < -0.3 is 0 Å². The number of hydrogen-bond donors (Lipinski definition) is 0. The van der Waals surface area contributed by atoms with Gasteiger partial charge >= 0.3 is 0 Å². The summed E-state index contributed by atoms with van der Waals surface area (Å²) < 4.78 is 0. The minimum Gasteiger partial charge on any atom is -0.0901 e. The summed E-state index contributed by atoms with van der Waals surface area (Å²) in [5.74, 6) is 2.25. The van der Waals surface area contributed by atoms with Crippen molar-refractivity contribution in [3.63, 3.8) is 0 Å². The summed E-state index contributed by atoms with van der Waals surface area (Å²) in [6, 6.07) is 14.3. The summed E-state index contributed by atoms with van der Waals surface area (Å²) in [7, 11) is 0. The molecule has 0 saturated carbocycles. The molecule has 0 heterocycles. The highest BCUT2D eigenvalue weighted by atomic mass is 32.2. The van der Waals surface area contributed by atoms with Gasteiger partial charge in [-0.25, -0.2) is 0 Å². The van der Waals surface area contributed by atoms with Crippen molar-refractivity contribution in [3.05, 3.63) is 58.7 Å². The molecule has 0 fully saturated rings. The Bertz CT molecular complexity index is 594. The zero-order valence-corrected chi connectivity index (χ0v) is 18.0. The first-order chi connectivity index (χ1) is 11.7. The minimum absolute atomic E-state index is 0.561. The molecule has 2 aromatic carbocycles. The van der Waals surface area contributed by atoms with Crippen LogP contribution in [0.3, 0.4) is 0 Å². The largest absolute Gasteiger partial charge is 0.0901 e. The molecule has 0 spiro atoms. The average Bonchev–Trinajstić information content (AvgIpc) is 2.53. The highest BCUT2D eigenvalue weighted by Crippen LogP contribution is 2.36. The van der Waals surface area contributed by atoms with E-state index in [1.54, 1.807) is 0 Å². The van der Waals surface area contributed by atoms with Crippen molar-refractivity contribution < 1.29 is 0 Å². The Labute approximate surface area is 159 Å². The monoisotopic (exact) mass is 354 g/mol. The summed E-state index contributed by atoms with van der Waals surface area (Å²) in [6.45, 7) is 18.3. The molecular formula is C24H34S. The topological polar surface area (TPSA) is 0 Å². The van der Waals surface area contributed by atoms with E-state index in [2.05, 4.69) is 91.8 Å². The van der Waals surface area contributed by atoms with Gasteiger partial charge in [0.25, 0.3) is 0 Å². The van der Waals surface area contributed by atoms with Gasteiger partial charge in [0.05, 0.1) is 0 Å². The Kier molecular flexibility index (Phi) is 6.79. The second kappa shape index (κ2) is 8.45. The van der Waals surface area contributed by atoms with Crippen molar-refractivity contribution in [1.29, 1.82) is 0 Å². The van der Waals surface area contributed by atoms with E-state index in [4.69, 9.17) is 0 Å². The van der Waals surface area contributed by atoms with Crippen molar-refractivity contribution >= 4 is 11.8 Å². The normalized spacial score (nSPS) is 12.0. The second-order valence-corrected chi connectivity index (χ2v) is 9.54. The lowest BCUT2D eigenvalue weighted by atomic mass is 9.96. The quantitative estimate of drug-likeness (QED) is 0.502. The second-order valence-electron chi connectivity index (χ2n) is 8.39. The van der Waals surface area contributed by atoms with Crippen LogP contribution in [0, 0.1) is 0 Å². The molecule has 2 aromatic rings. The van der Waals surface area contributed by atoms with Gasteiger partial charge in [-0.15, -0.1) is 0 Å². The third-order valence-corrected chi connectivity index (χ3v) is 5.75. The zero-order valence-electron chi connectivity index (χ0n) is 17.2. The molecule has 0 amide bonds. The van der Waals surface area contributed by atoms with Crippen molar-refractivity contribution in [3.8, 4) is 0 Å². The van der Waals surface area contributed by atoms with E-state index in [-0.39, 0.29) is 0 Å². The van der Waals surface area contributed by atoms with Gasteiger partial charge in [-0.3, -0.25) is 0 Å². The number of benzene rings is 2. The first kappa shape index (κ1) is 20.1. The first-order valence-corrected chi connectivity index (χ1v) is 10.5. The van der Waals surface area contributed by atoms with Crippen LogP contribution in [0.5, 0.6) is 0 Å². The summed E-state index contributed by atoms with van der Waals surface area (Å²) >= 11 is 1.91. The van der Waals surface area contributed by atoms with Crippen LogP contribution in [0.25, 0.3) is 0 Å². The smallest absolute Gasteiger partial charge is 0.0128 e. The maximum absolute atomic E-state index is 2.38. The third kappa shape index (κ3) is 5.38. The summed E-state index contributed by atoms with van der Waals surface area (Å²) in [5, 5.41) is 0. The number of rotatable bonds is 6. The van der Waals surface area contributed by atoms with E-state index in [9.17, 15) is 0 Å². The van der Waals surface area contributed by atoms with Crippen LogP contribution in [0.15, 0.2) is 46.2 Å². The lowest BCUT2D eigenvalue weighted by Crippen LogP contribution is -1.96. The van der Waals surface area contributed by atoms with Crippen molar-refractivity contribution in [1.82, 2.24) is 0 Å². The van der Waals surface area contributed by atoms with Gasteiger partial charge in [-0.05, 0) is 70.2 Å². The Hall–Kier alpha value is -1.21. The summed E-state index contributed by atoms with van der Waals surface area (Å²) in [4.78, 5) is 2.73. The molecular weight excluding hydrogens is 320 g/mol. The molecule has 0 radical (unpaired) electrons. The Morgan fingerprint density at radius 2 is 0.680 bits per heavy atom. The fourth-order valence-corrected chi connectivity index (χ4v) is 3.93. The molecule has 136 valence electrons. The Balaban J connectivity index is 2.44. The van der Waals surface area contributed by atoms with Crippen molar-refractivity contribution in [2.75, 3.05) is 0 Å². The highest BCUT2D eigenvalue weighted by Gasteiger charge is 2.11. The Morgan fingerprint density at radius 1 is 0.440 bits per heavy atom. The molecule has 0 bridgehead atoms. The minimum atomic E-state index is 0.561.